The summed E-state index contributed by atoms with van der Waals surface area (Å²) < 4.78 is 6.90. The van der Waals surface area contributed by atoms with Crippen molar-refractivity contribution in [3.05, 3.63) is 17.0 Å². The molecule has 0 spiro atoms. The molecular formula is C13H25N3O2. The first-order chi connectivity index (χ1) is 8.60. The van der Waals surface area contributed by atoms with Crippen LogP contribution in [0.1, 0.15) is 30.3 Å². The Labute approximate surface area is 109 Å². The third kappa shape index (κ3) is 4.08. The van der Waals surface area contributed by atoms with E-state index >= 15 is 0 Å². The molecule has 0 aliphatic heterocycles. The summed E-state index contributed by atoms with van der Waals surface area (Å²) in [5, 5.41) is 17.3. The summed E-state index contributed by atoms with van der Waals surface area (Å²) in [7, 11) is 1.60. The van der Waals surface area contributed by atoms with E-state index in [1.54, 1.807) is 7.11 Å². The molecule has 0 saturated heterocycles. The number of nitrogens with zero attached hydrogens (tertiary/aromatic N) is 2. The summed E-state index contributed by atoms with van der Waals surface area (Å²) in [4.78, 5) is 0. The van der Waals surface area contributed by atoms with Gasteiger partial charge in [0, 0.05) is 31.5 Å². The van der Waals surface area contributed by atoms with Crippen molar-refractivity contribution in [3.63, 3.8) is 0 Å². The second kappa shape index (κ2) is 7.51. The number of nitrogens with one attached hydrogen (secondary N) is 1. The topological polar surface area (TPSA) is 59.3 Å². The summed E-state index contributed by atoms with van der Waals surface area (Å²) in [5.41, 5.74) is 3.57. The van der Waals surface area contributed by atoms with Crippen LogP contribution in [0.25, 0.3) is 0 Å². The maximum atomic E-state index is 9.52. The largest absolute Gasteiger partial charge is 0.391 e. The first-order valence-electron chi connectivity index (χ1n) is 6.50. The van der Waals surface area contributed by atoms with Crippen LogP contribution in [-0.4, -0.2) is 41.3 Å². The fourth-order valence-corrected chi connectivity index (χ4v) is 2.06. The second-order valence-electron chi connectivity index (χ2n) is 4.54. The van der Waals surface area contributed by atoms with Gasteiger partial charge in [0.2, 0.25) is 0 Å². The van der Waals surface area contributed by atoms with E-state index in [-0.39, 0.29) is 6.10 Å². The lowest BCUT2D eigenvalue weighted by Crippen LogP contribution is -2.23. The molecule has 1 rings (SSSR count). The Morgan fingerprint density at radius 3 is 2.72 bits per heavy atom. The van der Waals surface area contributed by atoms with E-state index in [1.165, 1.54) is 11.3 Å². The average molecular weight is 255 g/mol. The monoisotopic (exact) mass is 255 g/mol. The van der Waals surface area contributed by atoms with Gasteiger partial charge in [-0.1, -0.05) is 0 Å². The highest BCUT2D eigenvalue weighted by molar-refractivity contribution is 5.24. The molecule has 104 valence electrons. The van der Waals surface area contributed by atoms with Gasteiger partial charge >= 0.3 is 0 Å². The van der Waals surface area contributed by atoms with Crippen molar-refractivity contribution in [2.45, 2.75) is 46.4 Å². The van der Waals surface area contributed by atoms with Crippen LogP contribution in [0.2, 0.25) is 0 Å². The Bertz CT molecular complexity index is 363. The number of aliphatic hydroxyl groups excluding tert-OH is 1. The minimum atomic E-state index is -0.386. The summed E-state index contributed by atoms with van der Waals surface area (Å²) >= 11 is 0. The first-order valence-corrected chi connectivity index (χ1v) is 6.50. The number of aryl methyl sites for hydroxylation is 2. The van der Waals surface area contributed by atoms with Gasteiger partial charge < -0.3 is 15.2 Å². The van der Waals surface area contributed by atoms with Gasteiger partial charge in [0.05, 0.1) is 18.4 Å². The third-order valence-corrected chi connectivity index (χ3v) is 3.15. The van der Waals surface area contributed by atoms with E-state index in [4.69, 9.17) is 4.74 Å². The average Bonchev–Trinajstić information content (AvgIpc) is 2.61. The number of aliphatic hydroxyl groups is 1. The zero-order chi connectivity index (χ0) is 13.5. The van der Waals surface area contributed by atoms with Crippen molar-refractivity contribution in [2.75, 3.05) is 20.3 Å². The molecule has 0 aromatic carbocycles. The summed E-state index contributed by atoms with van der Waals surface area (Å²) in [6.07, 6.45) is 0.316. The van der Waals surface area contributed by atoms with Gasteiger partial charge in [-0.15, -0.1) is 0 Å². The second-order valence-corrected chi connectivity index (χ2v) is 4.54. The lowest BCUT2D eigenvalue weighted by Gasteiger charge is -2.10. The predicted octanol–water partition coefficient (Wildman–Crippen LogP) is 1.01. The van der Waals surface area contributed by atoms with Crippen LogP contribution in [0.15, 0.2) is 0 Å². The van der Waals surface area contributed by atoms with Crippen LogP contribution in [0, 0.1) is 13.8 Å². The van der Waals surface area contributed by atoms with Crippen molar-refractivity contribution in [2.24, 2.45) is 0 Å². The van der Waals surface area contributed by atoms with E-state index < -0.39 is 0 Å². The summed E-state index contributed by atoms with van der Waals surface area (Å²) in [6, 6.07) is 0. The molecule has 0 radical (unpaired) electrons. The highest BCUT2D eigenvalue weighted by atomic mass is 16.5. The normalized spacial score (nSPS) is 12.9. The first kappa shape index (κ1) is 15.1. The molecule has 5 heteroatoms. The minimum Gasteiger partial charge on any atom is -0.391 e. The Balaban J connectivity index is 2.37. The van der Waals surface area contributed by atoms with Crippen molar-refractivity contribution in [1.82, 2.24) is 15.1 Å². The van der Waals surface area contributed by atoms with Gasteiger partial charge in [-0.05, 0) is 33.7 Å². The van der Waals surface area contributed by atoms with Gasteiger partial charge in [-0.2, -0.15) is 5.10 Å². The van der Waals surface area contributed by atoms with Crippen LogP contribution >= 0.6 is 0 Å². The minimum absolute atomic E-state index is 0.386. The van der Waals surface area contributed by atoms with Crippen LogP contribution in [0.3, 0.4) is 0 Å². The number of hydrogen-bond donors (Lipinski definition) is 2. The van der Waals surface area contributed by atoms with Gasteiger partial charge in [-0.3, -0.25) is 4.68 Å². The zero-order valence-corrected chi connectivity index (χ0v) is 11.9. The van der Waals surface area contributed by atoms with Gasteiger partial charge in [0.25, 0.3) is 0 Å². The SMILES string of the molecule is CCn1nc(C)c(CNCCC(O)COC)c1C. The molecule has 1 aromatic heterocycles. The molecule has 5 nitrogen and oxygen atoms in total. The molecule has 0 bridgehead atoms. The summed E-state index contributed by atoms with van der Waals surface area (Å²) in [6.45, 7) is 9.11. The van der Waals surface area contributed by atoms with Crippen molar-refractivity contribution < 1.29 is 9.84 Å². The molecule has 1 unspecified atom stereocenters. The van der Waals surface area contributed by atoms with Crippen LogP contribution in [0.5, 0.6) is 0 Å². The molecule has 0 amide bonds. The molecule has 1 aromatic rings. The standard InChI is InChI=1S/C13H25N3O2/c1-5-16-11(3)13(10(2)15-16)8-14-7-6-12(17)9-18-4/h12,14,17H,5-9H2,1-4H3. The number of methoxy groups -OCH3 is 1. The molecule has 0 aliphatic carbocycles. The molecule has 1 atom stereocenters. The van der Waals surface area contributed by atoms with Crippen molar-refractivity contribution in [3.8, 4) is 0 Å². The fourth-order valence-electron chi connectivity index (χ4n) is 2.06. The number of ether oxygens (including phenoxy) is 1. The number of hydrogen-bond acceptors (Lipinski definition) is 4. The van der Waals surface area contributed by atoms with Crippen molar-refractivity contribution in [1.29, 1.82) is 0 Å². The van der Waals surface area contributed by atoms with Crippen LogP contribution < -0.4 is 5.32 Å². The number of rotatable bonds is 8. The van der Waals surface area contributed by atoms with Gasteiger partial charge in [-0.25, -0.2) is 0 Å². The van der Waals surface area contributed by atoms with Crippen LogP contribution in [-0.2, 0) is 17.8 Å². The van der Waals surface area contributed by atoms with E-state index in [0.717, 1.165) is 25.3 Å². The van der Waals surface area contributed by atoms with Gasteiger partial charge in [0.1, 0.15) is 0 Å². The highest BCUT2D eigenvalue weighted by Gasteiger charge is 2.10. The highest BCUT2D eigenvalue weighted by Crippen LogP contribution is 2.12. The van der Waals surface area contributed by atoms with Gasteiger partial charge in [0.15, 0.2) is 0 Å². The Morgan fingerprint density at radius 1 is 1.44 bits per heavy atom. The van der Waals surface area contributed by atoms with E-state index in [9.17, 15) is 5.11 Å². The smallest absolute Gasteiger partial charge is 0.0785 e. The number of aromatic nitrogens is 2. The van der Waals surface area contributed by atoms with E-state index in [1.807, 2.05) is 11.6 Å². The Morgan fingerprint density at radius 2 is 2.17 bits per heavy atom. The molecular weight excluding hydrogens is 230 g/mol. The maximum absolute atomic E-state index is 9.52. The lowest BCUT2D eigenvalue weighted by molar-refractivity contribution is 0.0594. The molecule has 18 heavy (non-hydrogen) atoms. The third-order valence-electron chi connectivity index (χ3n) is 3.15. The zero-order valence-electron chi connectivity index (χ0n) is 11.9. The molecule has 1 heterocycles. The maximum Gasteiger partial charge on any atom is 0.0785 e. The fraction of sp³-hybridized carbons (Fsp3) is 0.769. The molecule has 0 saturated carbocycles. The summed E-state index contributed by atoms with van der Waals surface area (Å²) in [5.74, 6) is 0. The molecule has 0 fully saturated rings. The quantitative estimate of drug-likeness (QED) is 0.681. The van der Waals surface area contributed by atoms with Crippen LogP contribution in [0.4, 0.5) is 0 Å². The Kier molecular flexibility index (Phi) is 6.32. The van der Waals surface area contributed by atoms with E-state index in [0.29, 0.717) is 13.0 Å². The molecule has 0 aliphatic rings. The van der Waals surface area contributed by atoms with E-state index in [2.05, 4.69) is 24.3 Å². The van der Waals surface area contributed by atoms with Crippen molar-refractivity contribution >= 4 is 0 Å². The predicted molar refractivity (Wildman–Crippen MR) is 71.6 cm³/mol. The lowest BCUT2D eigenvalue weighted by atomic mass is 10.2. The Hall–Kier alpha value is -0.910. The molecule has 2 N–H and O–H groups in total.